The quantitative estimate of drug-likeness (QED) is 0.697. The number of halogens is 2. The molecule has 1 unspecified atom stereocenters. The monoisotopic (exact) mass is 254 g/mol. The van der Waals surface area contributed by atoms with Crippen molar-refractivity contribution in [2.24, 2.45) is 0 Å². The highest BCUT2D eigenvalue weighted by molar-refractivity contribution is 6.33. The van der Waals surface area contributed by atoms with Gasteiger partial charge < -0.3 is 4.42 Å². The zero-order valence-corrected chi connectivity index (χ0v) is 10.6. The molecular formula is C13H12Cl2O. The zero-order valence-electron chi connectivity index (χ0n) is 9.13. The van der Waals surface area contributed by atoms with Gasteiger partial charge in [0.25, 0.3) is 0 Å². The molecule has 0 fully saturated rings. The van der Waals surface area contributed by atoms with Gasteiger partial charge in [-0.15, -0.1) is 11.6 Å². The Bertz CT molecular complexity index is 489. The first kappa shape index (κ1) is 11.6. The summed E-state index contributed by atoms with van der Waals surface area (Å²) in [6.45, 7) is 4.07. The van der Waals surface area contributed by atoms with E-state index in [1.54, 1.807) is 6.26 Å². The highest BCUT2D eigenvalue weighted by atomic mass is 35.5. The van der Waals surface area contributed by atoms with Gasteiger partial charge in [0.05, 0.1) is 6.26 Å². The second kappa shape index (κ2) is 4.52. The van der Waals surface area contributed by atoms with Gasteiger partial charge in [-0.1, -0.05) is 17.7 Å². The molecule has 84 valence electrons. The predicted molar refractivity (Wildman–Crippen MR) is 67.3 cm³/mol. The van der Waals surface area contributed by atoms with Gasteiger partial charge >= 0.3 is 0 Å². The molecule has 0 aliphatic carbocycles. The minimum Gasteiger partial charge on any atom is -0.467 e. The Morgan fingerprint density at radius 2 is 1.88 bits per heavy atom. The minimum atomic E-state index is -0.332. The van der Waals surface area contributed by atoms with Gasteiger partial charge in [-0.2, -0.15) is 0 Å². The molecule has 1 aromatic carbocycles. The molecule has 0 saturated carbocycles. The van der Waals surface area contributed by atoms with Gasteiger partial charge in [-0.25, -0.2) is 0 Å². The fraction of sp³-hybridized carbons (Fsp3) is 0.231. The third-order valence-electron chi connectivity index (χ3n) is 2.68. The number of aryl methyl sites for hydroxylation is 2. The third kappa shape index (κ3) is 2.11. The number of hydrogen-bond acceptors (Lipinski definition) is 1. The molecule has 0 saturated heterocycles. The lowest BCUT2D eigenvalue weighted by Gasteiger charge is -2.12. The summed E-state index contributed by atoms with van der Waals surface area (Å²) in [6.07, 6.45) is 1.61. The molecular weight excluding hydrogens is 243 g/mol. The highest BCUT2D eigenvalue weighted by Gasteiger charge is 2.17. The number of furan rings is 1. The van der Waals surface area contributed by atoms with Crippen molar-refractivity contribution in [2.75, 3.05) is 0 Å². The fourth-order valence-electron chi connectivity index (χ4n) is 1.59. The third-order valence-corrected chi connectivity index (χ3v) is 3.46. The van der Waals surface area contributed by atoms with Crippen LogP contribution < -0.4 is 0 Å². The summed E-state index contributed by atoms with van der Waals surface area (Å²) in [7, 11) is 0. The van der Waals surface area contributed by atoms with Crippen LogP contribution in [0.5, 0.6) is 0 Å². The van der Waals surface area contributed by atoms with Gasteiger partial charge in [-0.05, 0) is 48.7 Å². The van der Waals surface area contributed by atoms with Crippen LogP contribution in [0.2, 0.25) is 5.02 Å². The summed E-state index contributed by atoms with van der Waals surface area (Å²) in [5.41, 5.74) is 3.23. The van der Waals surface area contributed by atoms with Crippen LogP contribution in [-0.4, -0.2) is 0 Å². The second-order valence-corrected chi connectivity index (χ2v) is 4.68. The molecule has 16 heavy (non-hydrogen) atoms. The molecule has 0 aliphatic heterocycles. The van der Waals surface area contributed by atoms with Crippen LogP contribution in [0.4, 0.5) is 0 Å². The second-order valence-electron chi connectivity index (χ2n) is 3.84. The molecule has 0 aliphatic rings. The Hall–Kier alpha value is -0.920. The van der Waals surface area contributed by atoms with E-state index in [0.29, 0.717) is 10.8 Å². The predicted octanol–water partition coefficient (Wildman–Crippen LogP) is 4.88. The van der Waals surface area contributed by atoms with Crippen molar-refractivity contribution >= 4 is 23.2 Å². The van der Waals surface area contributed by atoms with E-state index < -0.39 is 0 Å². The maximum Gasteiger partial charge on any atom is 0.126 e. The molecule has 1 nitrogen and oxygen atoms in total. The molecule has 2 rings (SSSR count). The van der Waals surface area contributed by atoms with Crippen molar-refractivity contribution < 1.29 is 4.42 Å². The molecule has 0 bridgehead atoms. The zero-order chi connectivity index (χ0) is 11.7. The van der Waals surface area contributed by atoms with Gasteiger partial charge in [0, 0.05) is 5.02 Å². The summed E-state index contributed by atoms with van der Waals surface area (Å²) in [4.78, 5) is 0. The van der Waals surface area contributed by atoms with E-state index in [1.165, 1.54) is 5.56 Å². The van der Waals surface area contributed by atoms with Crippen LogP contribution in [0.1, 0.15) is 27.8 Å². The number of hydrogen-bond donors (Lipinski definition) is 0. The maximum absolute atomic E-state index is 6.32. The maximum atomic E-state index is 6.32. The van der Waals surface area contributed by atoms with E-state index in [0.717, 1.165) is 11.1 Å². The van der Waals surface area contributed by atoms with Gasteiger partial charge in [-0.3, -0.25) is 0 Å². The van der Waals surface area contributed by atoms with Crippen molar-refractivity contribution in [1.29, 1.82) is 0 Å². The van der Waals surface area contributed by atoms with Crippen LogP contribution in [0, 0.1) is 13.8 Å². The molecule has 2 aromatic rings. The van der Waals surface area contributed by atoms with E-state index in [9.17, 15) is 0 Å². The molecule has 1 atom stereocenters. The van der Waals surface area contributed by atoms with E-state index in [1.807, 2.05) is 38.1 Å². The minimum absolute atomic E-state index is 0.332. The Morgan fingerprint density at radius 3 is 2.50 bits per heavy atom. The first-order valence-corrected chi connectivity index (χ1v) is 5.85. The normalized spacial score (nSPS) is 12.8. The van der Waals surface area contributed by atoms with E-state index in [-0.39, 0.29) is 5.38 Å². The largest absolute Gasteiger partial charge is 0.467 e. The fourth-order valence-corrected chi connectivity index (χ4v) is 2.27. The topological polar surface area (TPSA) is 13.1 Å². The van der Waals surface area contributed by atoms with Gasteiger partial charge in [0.1, 0.15) is 11.1 Å². The lowest BCUT2D eigenvalue weighted by atomic mass is 10.0. The van der Waals surface area contributed by atoms with E-state index in [2.05, 4.69) is 0 Å². The number of benzene rings is 1. The first-order chi connectivity index (χ1) is 7.59. The molecule has 0 amide bonds. The van der Waals surface area contributed by atoms with Crippen LogP contribution in [-0.2, 0) is 0 Å². The van der Waals surface area contributed by atoms with Crippen LogP contribution >= 0.6 is 23.2 Å². The van der Waals surface area contributed by atoms with Crippen LogP contribution in [0.15, 0.2) is 34.9 Å². The molecule has 0 radical (unpaired) electrons. The van der Waals surface area contributed by atoms with Crippen molar-refractivity contribution in [3.05, 3.63) is 58.0 Å². The van der Waals surface area contributed by atoms with E-state index >= 15 is 0 Å². The standard InChI is InChI=1S/C13H12Cl2O/c1-8-6-10(11(14)7-9(8)2)13(15)12-4-3-5-16-12/h3-7,13H,1-2H3. The average molecular weight is 255 g/mol. The molecule has 1 aromatic heterocycles. The molecule has 1 heterocycles. The van der Waals surface area contributed by atoms with Gasteiger partial charge in [0.2, 0.25) is 0 Å². The lowest BCUT2D eigenvalue weighted by molar-refractivity contribution is 0.516. The van der Waals surface area contributed by atoms with Crippen LogP contribution in [0.3, 0.4) is 0 Å². The number of alkyl halides is 1. The Labute approximate surface area is 105 Å². The summed E-state index contributed by atoms with van der Waals surface area (Å²) >= 11 is 12.5. The Morgan fingerprint density at radius 1 is 1.19 bits per heavy atom. The van der Waals surface area contributed by atoms with Crippen LogP contribution in [0.25, 0.3) is 0 Å². The van der Waals surface area contributed by atoms with E-state index in [4.69, 9.17) is 27.6 Å². The van der Waals surface area contributed by atoms with Crippen molar-refractivity contribution in [1.82, 2.24) is 0 Å². The Kier molecular flexibility index (Phi) is 3.27. The number of rotatable bonds is 2. The summed E-state index contributed by atoms with van der Waals surface area (Å²) in [5.74, 6) is 0.715. The summed E-state index contributed by atoms with van der Waals surface area (Å²) in [6, 6.07) is 7.62. The lowest BCUT2D eigenvalue weighted by Crippen LogP contribution is -1.95. The first-order valence-electron chi connectivity index (χ1n) is 5.03. The SMILES string of the molecule is Cc1cc(Cl)c(C(Cl)c2ccco2)cc1C. The van der Waals surface area contributed by atoms with Crippen molar-refractivity contribution in [3.63, 3.8) is 0 Å². The van der Waals surface area contributed by atoms with Crippen molar-refractivity contribution in [3.8, 4) is 0 Å². The Balaban J connectivity index is 2.44. The summed E-state index contributed by atoms with van der Waals surface area (Å²) < 4.78 is 5.28. The summed E-state index contributed by atoms with van der Waals surface area (Å²) in [5, 5.41) is 0.348. The molecule has 0 N–H and O–H groups in total. The van der Waals surface area contributed by atoms with Gasteiger partial charge in [0.15, 0.2) is 0 Å². The van der Waals surface area contributed by atoms with Crippen molar-refractivity contribution in [2.45, 2.75) is 19.2 Å². The molecule has 3 heteroatoms. The highest BCUT2D eigenvalue weighted by Crippen LogP contribution is 2.35. The molecule has 0 spiro atoms. The smallest absolute Gasteiger partial charge is 0.126 e. The average Bonchev–Trinajstić information content (AvgIpc) is 2.75.